The molecule has 2 heterocycles. The van der Waals surface area contributed by atoms with Crippen LogP contribution in [0, 0.1) is 12.7 Å². The normalized spacial score (nSPS) is 15.8. The Balaban J connectivity index is 1.46. The molecule has 2 aliphatic rings. The van der Waals surface area contributed by atoms with Crippen molar-refractivity contribution in [3.63, 3.8) is 0 Å². The van der Waals surface area contributed by atoms with Crippen molar-refractivity contribution in [2.24, 2.45) is 0 Å². The topological polar surface area (TPSA) is 56.8 Å². The third-order valence-corrected chi connectivity index (χ3v) is 8.08. The number of nitrogens with zero attached hydrogens (tertiary/aromatic N) is 4. The molecule has 214 valence electrons. The van der Waals surface area contributed by atoms with Gasteiger partial charge in [-0.3, -0.25) is 9.59 Å². The summed E-state index contributed by atoms with van der Waals surface area (Å²) in [5, 5.41) is 1.05. The number of halogens is 1. The van der Waals surface area contributed by atoms with Gasteiger partial charge in [-0.25, -0.2) is 9.37 Å². The molecule has 41 heavy (non-hydrogen) atoms. The van der Waals surface area contributed by atoms with Crippen molar-refractivity contribution < 1.29 is 14.0 Å². The van der Waals surface area contributed by atoms with Gasteiger partial charge in [-0.1, -0.05) is 35.4 Å². The zero-order valence-corrected chi connectivity index (χ0v) is 24.1. The van der Waals surface area contributed by atoms with Crippen molar-refractivity contribution in [2.75, 3.05) is 37.6 Å². The number of pyridine rings is 1. The molecule has 1 aliphatic carbocycles. The van der Waals surface area contributed by atoms with Gasteiger partial charge in [-0.05, 0) is 81.0 Å². The first-order valence-corrected chi connectivity index (χ1v) is 14.7. The van der Waals surface area contributed by atoms with E-state index in [9.17, 15) is 14.0 Å². The SMILES string of the molecule is CC(=O)N1CCN(c2nc3ccc(C)cc3cc2CN(CCC2=CCCCC2)C(=O)/C=C/c2cccc(F)c2)CC1. The molecular weight excluding hydrogens is 515 g/mol. The van der Waals surface area contributed by atoms with E-state index >= 15 is 0 Å². The monoisotopic (exact) mass is 554 g/mol. The number of allylic oxidation sites excluding steroid dienone is 1. The average Bonchev–Trinajstić information content (AvgIpc) is 2.98. The highest BCUT2D eigenvalue weighted by molar-refractivity contribution is 5.92. The molecule has 5 rings (SSSR count). The summed E-state index contributed by atoms with van der Waals surface area (Å²) in [5.74, 6) is 0.522. The van der Waals surface area contributed by atoms with E-state index in [1.165, 1.54) is 30.5 Å². The fourth-order valence-corrected chi connectivity index (χ4v) is 5.72. The second-order valence-electron chi connectivity index (χ2n) is 11.2. The molecule has 3 aromatic rings. The third kappa shape index (κ3) is 7.40. The van der Waals surface area contributed by atoms with E-state index in [-0.39, 0.29) is 17.6 Å². The molecule has 2 amide bonds. The molecule has 2 aromatic carbocycles. The van der Waals surface area contributed by atoms with Crippen molar-refractivity contribution >= 4 is 34.6 Å². The molecule has 0 unspecified atom stereocenters. The van der Waals surface area contributed by atoms with Crippen LogP contribution in [-0.4, -0.2) is 59.3 Å². The standard InChI is InChI=1S/C34H39FN4O2/c1-25-11-13-32-29(21-25)23-30(34(36-32)38-19-17-37(18-20-38)26(2)40)24-39(16-15-27-7-4-3-5-8-27)33(41)14-12-28-9-6-10-31(35)22-28/h6-7,9-14,21-23H,3-5,8,15-20,24H2,1-2H3/b14-12+. The van der Waals surface area contributed by atoms with Crippen LogP contribution in [-0.2, 0) is 16.1 Å². The van der Waals surface area contributed by atoms with E-state index in [0.717, 1.165) is 47.1 Å². The predicted octanol–water partition coefficient (Wildman–Crippen LogP) is 6.28. The molecule has 0 bridgehead atoms. The number of rotatable bonds is 8. The lowest BCUT2D eigenvalue weighted by molar-refractivity contribution is -0.129. The number of fused-ring (bicyclic) bond motifs is 1. The second-order valence-corrected chi connectivity index (χ2v) is 11.2. The lowest BCUT2D eigenvalue weighted by atomic mass is 9.97. The smallest absolute Gasteiger partial charge is 0.246 e. The summed E-state index contributed by atoms with van der Waals surface area (Å²) < 4.78 is 13.7. The van der Waals surface area contributed by atoms with Gasteiger partial charge in [-0.15, -0.1) is 0 Å². The van der Waals surface area contributed by atoms with E-state index in [1.807, 2.05) is 15.9 Å². The fourth-order valence-electron chi connectivity index (χ4n) is 5.72. The van der Waals surface area contributed by atoms with Gasteiger partial charge in [0.15, 0.2) is 0 Å². The van der Waals surface area contributed by atoms with Crippen molar-refractivity contribution in [3.05, 3.63) is 88.8 Å². The highest BCUT2D eigenvalue weighted by Gasteiger charge is 2.24. The fraction of sp³-hybridized carbons (Fsp3) is 0.382. The van der Waals surface area contributed by atoms with E-state index in [2.05, 4.69) is 36.1 Å². The molecular formula is C34H39FN4O2. The zero-order valence-electron chi connectivity index (χ0n) is 24.1. The Kier molecular flexibility index (Phi) is 9.12. The van der Waals surface area contributed by atoms with Crippen LogP contribution < -0.4 is 4.90 Å². The minimum Gasteiger partial charge on any atom is -0.353 e. The molecule has 6 nitrogen and oxygen atoms in total. The van der Waals surface area contributed by atoms with Crippen molar-refractivity contribution in [1.29, 1.82) is 0 Å². The summed E-state index contributed by atoms with van der Waals surface area (Å²) in [4.78, 5) is 36.7. The van der Waals surface area contributed by atoms with Gasteiger partial charge in [0.2, 0.25) is 11.8 Å². The van der Waals surface area contributed by atoms with Gasteiger partial charge in [-0.2, -0.15) is 0 Å². The number of benzene rings is 2. The van der Waals surface area contributed by atoms with Gasteiger partial charge in [0.1, 0.15) is 11.6 Å². The minimum absolute atomic E-state index is 0.0886. The summed E-state index contributed by atoms with van der Waals surface area (Å²) in [7, 11) is 0. The number of aromatic nitrogens is 1. The summed E-state index contributed by atoms with van der Waals surface area (Å²) in [6.45, 7) is 7.37. The van der Waals surface area contributed by atoms with Crippen LogP contribution in [0.25, 0.3) is 17.0 Å². The Morgan fingerprint density at radius 1 is 1.05 bits per heavy atom. The first kappa shape index (κ1) is 28.5. The molecule has 0 spiro atoms. The molecule has 0 saturated carbocycles. The Hall–Kier alpha value is -4.00. The summed E-state index contributed by atoms with van der Waals surface area (Å²) in [5.41, 5.74) is 5.13. The van der Waals surface area contributed by atoms with Crippen LogP contribution in [0.2, 0.25) is 0 Å². The number of hydrogen-bond donors (Lipinski definition) is 0. The Labute approximate surface area is 242 Å². The number of piperazine rings is 1. The maximum Gasteiger partial charge on any atom is 0.246 e. The number of carbonyl (C=O) groups excluding carboxylic acids is 2. The molecule has 0 atom stereocenters. The molecule has 1 aliphatic heterocycles. The van der Waals surface area contributed by atoms with Crippen molar-refractivity contribution in [2.45, 2.75) is 52.5 Å². The lowest BCUT2D eigenvalue weighted by Crippen LogP contribution is -2.48. The highest BCUT2D eigenvalue weighted by atomic mass is 19.1. The Morgan fingerprint density at radius 2 is 1.88 bits per heavy atom. The molecule has 0 radical (unpaired) electrons. The van der Waals surface area contributed by atoms with Gasteiger partial charge >= 0.3 is 0 Å². The summed E-state index contributed by atoms with van der Waals surface area (Å²) >= 11 is 0. The molecule has 1 saturated heterocycles. The van der Waals surface area contributed by atoms with Crippen LogP contribution in [0.4, 0.5) is 10.2 Å². The number of hydrogen-bond acceptors (Lipinski definition) is 4. The average molecular weight is 555 g/mol. The maximum absolute atomic E-state index is 13.7. The first-order chi connectivity index (χ1) is 19.9. The largest absolute Gasteiger partial charge is 0.353 e. The van der Waals surface area contributed by atoms with E-state index in [0.29, 0.717) is 44.8 Å². The van der Waals surface area contributed by atoms with Gasteiger partial charge < -0.3 is 14.7 Å². The molecule has 1 fully saturated rings. The predicted molar refractivity (Wildman–Crippen MR) is 163 cm³/mol. The number of anilines is 1. The quantitative estimate of drug-likeness (QED) is 0.243. The van der Waals surface area contributed by atoms with Gasteiger partial charge in [0.25, 0.3) is 0 Å². The van der Waals surface area contributed by atoms with Crippen LogP contribution in [0.5, 0.6) is 0 Å². The number of carbonyl (C=O) groups is 2. The first-order valence-electron chi connectivity index (χ1n) is 14.7. The number of aryl methyl sites for hydroxylation is 1. The molecule has 7 heteroatoms. The van der Waals surface area contributed by atoms with Crippen molar-refractivity contribution in [1.82, 2.24) is 14.8 Å². The Bertz CT molecular complexity index is 1470. The van der Waals surface area contributed by atoms with E-state index in [4.69, 9.17) is 4.98 Å². The highest BCUT2D eigenvalue weighted by Crippen LogP contribution is 2.28. The third-order valence-electron chi connectivity index (χ3n) is 8.08. The van der Waals surface area contributed by atoms with Crippen LogP contribution in [0.3, 0.4) is 0 Å². The van der Waals surface area contributed by atoms with Crippen LogP contribution >= 0.6 is 0 Å². The molecule has 1 aromatic heterocycles. The lowest BCUT2D eigenvalue weighted by Gasteiger charge is -2.36. The zero-order chi connectivity index (χ0) is 28.8. The van der Waals surface area contributed by atoms with Crippen molar-refractivity contribution in [3.8, 4) is 0 Å². The summed E-state index contributed by atoms with van der Waals surface area (Å²) in [6, 6.07) is 14.7. The second kappa shape index (κ2) is 13.1. The maximum atomic E-state index is 13.7. The van der Waals surface area contributed by atoms with Crippen LogP contribution in [0.1, 0.15) is 55.7 Å². The van der Waals surface area contributed by atoms with Crippen LogP contribution in [0.15, 0.2) is 66.3 Å². The summed E-state index contributed by atoms with van der Waals surface area (Å²) in [6.07, 6.45) is 11.0. The minimum atomic E-state index is -0.326. The number of amides is 2. The van der Waals surface area contributed by atoms with Gasteiger partial charge in [0.05, 0.1) is 5.52 Å². The van der Waals surface area contributed by atoms with Gasteiger partial charge in [0, 0.05) is 63.2 Å². The Morgan fingerprint density at radius 3 is 2.61 bits per heavy atom. The van der Waals surface area contributed by atoms with E-state index in [1.54, 1.807) is 31.2 Å². The van der Waals surface area contributed by atoms with E-state index < -0.39 is 0 Å². The molecule has 0 N–H and O–H groups in total.